The van der Waals surface area contributed by atoms with Crippen molar-refractivity contribution in [3.63, 3.8) is 0 Å². The Balaban J connectivity index is 1.37. The van der Waals surface area contributed by atoms with E-state index in [9.17, 15) is 9.18 Å². The third-order valence-corrected chi connectivity index (χ3v) is 6.45. The Morgan fingerprint density at radius 1 is 0.947 bits per heavy atom. The van der Waals surface area contributed by atoms with Gasteiger partial charge in [0.05, 0.1) is 17.6 Å². The number of hydrogen-bond acceptors (Lipinski definition) is 5. The molecule has 0 aliphatic rings. The second-order valence-electron chi connectivity index (χ2n) is 9.12. The Morgan fingerprint density at radius 3 is 2.71 bits per heavy atom. The summed E-state index contributed by atoms with van der Waals surface area (Å²) in [6, 6.07) is 14.2. The number of hydrogen-bond donors (Lipinski definition) is 3. The fraction of sp³-hybridized carbons (Fsp3) is 0.138. The monoisotopic (exact) mass is 505 g/mol. The first kappa shape index (κ1) is 23.5. The molecule has 38 heavy (non-hydrogen) atoms. The number of unbranched alkanes of at least 4 members (excludes halogenated alkanes) is 1. The summed E-state index contributed by atoms with van der Waals surface area (Å²) in [5.74, 6) is -0.319. The average Bonchev–Trinajstić information content (AvgIpc) is 3.55. The lowest BCUT2D eigenvalue weighted by Crippen LogP contribution is -2.11. The molecule has 0 bridgehead atoms. The first-order valence-electron chi connectivity index (χ1n) is 12.4. The van der Waals surface area contributed by atoms with Crippen LogP contribution < -0.4 is 5.32 Å². The Bertz CT molecular complexity index is 1790. The molecule has 0 spiro atoms. The summed E-state index contributed by atoms with van der Waals surface area (Å²) in [5.41, 5.74) is 6.72. The van der Waals surface area contributed by atoms with Gasteiger partial charge in [0.15, 0.2) is 5.65 Å². The predicted molar refractivity (Wildman–Crippen MR) is 146 cm³/mol. The van der Waals surface area contributed by atoms with Crippen LogP contribution >= 0.6 is 0 Å². The molecule has 6 rings (SSSR count). The van der Waals surface area contributed by atoms with Crippen LogP contribution in [0.25, 0.3) is 55.7 Å². The molecule has 0 aliphatic heterocycles. The molecule has 0 saturated heterocycles. The first-order valence-corrected chi connectivity index (χ1v) is 12.4. The van der Waals surface area contributed by atoms with Gasteiger partial charge in [-0.05, 0) is 53.9 Å². The molecule has 1 aromatic carbocycles. The van der Waals surface area contributed by atoms with Crippen LogP contribution in [-0.4, -0.2) is 36.0 Å². The third-order valence-electron chi connectivity index (χ3n) is 6.45. The Morgan fingerprint density at radius 2 is 1.84 bits per heavy atom. The number of nitrogens with one attached hydrogen (secondary N) is 3. The quantitative estimate of drug-likeness (QED) is 0.229. The Labute approximate surface area is 217 Å². The fourth-order valence-electron chi connectivity index (χ4n) is 4.56. The van der Waals surface area contributed by atoms with Crippen LogP contribution in [-0.2, 0) is 4.79 Å². The topological polar surface area (TPSA) is 112 Å². The molecule has 6 aromatic rings. The van der Waals surface area contributed by atoms with E-state index in [2.05, 4.69) is 42.4 Å². The number of H-pyrrole nitrogens is 2. The minimum atomic E-state index is -0.292. The molecule has 5 heterocycles. The van der Waals surface area contributed by atoms with Gasteiger partial charge < -0.3 is 10.3 Å². The van der Waals surface area contributed by atoms with Crippen LogP contribution in [0.5, 0.6) is 0 Å². The maximum atomic E-state index is 13.9. The van der Waals surface area contributed by atoms with Crippen LogP contribution in [0.3, 0.4) is 0 Å². The number of fused-ring (bicyclic) bond motifs is 2. The second-order valence-corrected chi connectivity index (χ2v) is 9.12. The van der Waals surface area contributed by atoms with Gasteiger partial charge in [0.1, 0.15) is 17.2 Å². The zero-order valence-corrected chi connectivity index (χ0v) is 20.6. The summed E-state index contributed by atoms with van der Waals surface area (Å²) in [6.45, 7) is 2.05. The number of nitrogens with zero attached hydrogens (tertiary/aromatic N) is 4. The normalized spacial score (nSPS) is 11.3. The predicted octanol–water partition coefficient (Wildman–Crippen LogP) is 6.50. The van der Waals surface area contributed by atoms with Crippen molar-refractivity contribution >= 4 is 33.7 Å². The summed E-state index contributed by atoms with van der Waals surface area (Å²) >= 11 is 0. The third kappa shape index (κ3) is 4.50. The van der Waals surface area contributed by atoms with Crippen molar-refractivity contribution in [1.29, 1.82) is 0 Å². The molecule has 0 saturated carbocycles. The van der Waals surface area contributed by atoms with Gasteiger partial charge in [-0.3, -0.25) is 14.9 Å². The lowest BCUT2D eigenvalue weighted by Gasteiger charge is -2.07. The lowest BCUT2D eigenvalue weighted by atomic mass is 10.0. The van der Waals surface area contributed by atoms with Crippen molar-refractivity contribution in [2.75, 3.05) is 5.32 Å². The summed E-state index contributed by atoms with van der Waals surface area (Å²) in [4.78, 5) is 28.9. The number of halogens is 1. The van der Waals surface area contributed by atoms with Gasteiger partial charge in [-0.1, -0.05) is 25.5 Å². The van der Waals surface area contributed by atoms with E-state index >= 15 is 0 Å². The van der Waals surface area contributed by atoms with E-state index in [1.165, 1.54) is 12.1 Å². The van der Waals surface area contributed by atoms with Crippen LogP contribution in [0.4, 0.5) is 10.1 Å². The largest absolute Gasteiger partial charge is 0.338 e. The molecular weight excluding hydrogens is 481 g/mol. The molecule has 0 radical (unpaired) electrons. The molecule has 9 heteroatoms. The molecule has 1 amide bonds. The number of anilines is 1. The highest BCUT2D eigenvalue weighted by Crippen LogP contribution is 2.34. The molecule has 0 atom stereocenters. The van der Waals surface area contributed by atoms with Gasteiger partial charge in [-0.15, -0.1) is 0 Å². The SMILES string of the molecule is CCCCC(=O)Nc1cncc(-c2cnc3[nH]nc(-c4cc5c(-c6cccc(F)c6)ccnc5[nH]4)c3c2)c1. The molecule has 0 aliphatic carbocycles. The van der Waals surface area contributed by atoms with E-state index in [1.807, 2.05) is 30.3 Å². The maximum Gasteiger partial charge on any atom is 0.224 e. The van der Waals surface area contributed by atoms with E-state index in [0.29, 0.717) is 29.1 Å². The van der Waals surface area contributed by atoms with E-state index < -0.39 is 0 Å². The van der Waals surface area contributed by atoms with E-state index in [0.717, 1.165) is 51.6 Å². The molecule has 5 aromatic heterocycles. The number of benzene rings is 1. The van der Waals surface area contributed by atoms with Crippen molar-refractivity contribution in [2.45, 2.75) is 26.2 Å². The molecule has 3 N–H and O–H groups in total. The number of carbonyl (C=O) groups excluding carboxylic acids is 1. The summed E-state index contributed by atoms with van der Waals surface area (Å²) in [5, 5.41) is 12.1. The van der Waals surface area contributed by atoms with Crippen LogP contribution in [0.1, 0.15) is 26.2 Å². The number of carbonyl (C=O) groups is 1. The van der Waals surface area contributed by atoms with E-state index in [1.54, 1.807) is 30.9 Å². The van der Waals surface area contributed by atoms with Crippen molar-refractivity contribution in [3.8, 4) is 33.6 Å². The van der Waals surface area contributed by atoms with Gasteiger partial charge in [-0.2, -0.15) is 5.10 Å². The smallest absolute Gasteiger partial charge is 0.224 e. The highest BCUT2D eigenvalue weighted by molar-refractivity contribution is 6.00. The van der Waals surface area contributed by atoms with Crippen molar-refractivity contribution in [1.82, 2.24) is 30.1 Å². The van der Waals surface area contributed by atoms with Crippen molar-refractivity contribution < 1.29 is 9.18 Å². The number of aromatic amines is 2. The summed E-state index contributed by atoms with van der Waals surface area (Å²) in [6.07, 6.45) is 9.11. The zero-order valence-electron chi connectivity index (χ0n) is 20.6. The number of aromatic nitrogens is 6. The van der Waals surface area contributed by atoms with E-state index in [-0.39, 0.29) is 11.7 Å². The van der Waals surface area contributed by atoms with Crippen LogP contribution in [0.2, 0.25) is 0 Å². The van der Waals surface area contributed by atoms with Gasteiger partial charge in [0.2, 0.25) is 5.91 Å². The summed E-state index contributed by atoms with van der Waals surface area (Å²) in [7, 11) is 0. The molecule has 0 fully saturated rings. The van der Waals surface area contributed by atoms with Gasteiger partial charge in [0, 0.05) is 46.9 Å². The average molecular weight is 506 g/mol. The molecule has 8 nitrogen and oxygen atoms in total. The Kier molecular flexibility index (Phi) is 6.09. The molecule has 0 unspecified atom stereocenters. The van der Waals surface area contributed by atoms with Gasteiger partial charge in [0.25, 0.3) is 0 Å². The van der Waals surface area contributed by atoms with Crippen LogP contribution in [0, 0.1) is 5.82 Å². The minimum Gasteiger partial charge on any atom is -0.338 e. The van der Waals surface area contributed by atoms with Crippen molar-refractivity contribution in [3.05, 3.63) is 79.1 Å². The number of pyridine rings is 3. The van der Waals surface area contributed by atoms with Gasteiger partial charge in [-0.25, -0.2) is 14.4 Å². The number of rotatable bonds is 7. The highest BCUT2D eigenvalue weighted by Gasteiger charge is 2.16. The van der Waals surface area contributed by atoms with Gasteiger partial charge >= 0.3 is 0 Å². The lowest BCUT2D eigenvalue weighted by molar-refractivity contribution is -0.116. The van der Waals surface area contributed by atoms with Crippen molar-refractivity contribution in [2.24, 2.45) is 0 Å². The van der Waals surface area contributed by atoms with E-state index in [4.69, 9.17) is 0 Å². The maximum absolute atomic E-state index is 13.9. The fourth-order valence-corrected chi connectivity index (χ4v) is 4.56. The first-order chi connectivity index (χ1) is 18.6. The summed E-state index contributed by atoms with van der Waals surface area (Å²) < 4.78 is 13.9. The standard InChI is InChI=1S/C29H24FN7O/c1-2-3-7-26(38)34-21-11-18(14-31-16-21)19-12-24-27(36-37-29(24)33-15-19)25-13-23-22(8-9-32-28(23)35-25)17-5-4-6-20(30)10-17/h4-6,8-16H,2-3,7H2,1H3,(H,32,35)(H,34,38)(H,33,36,37). The molecular formula is C29H24FN7O. The second kappa shape index (κ2) is 9.85. The molecule has 188 valence electrons. The Hall–Kier alpha value is -4.92. The highest BCUT2D eigenvalue weighted by atomic mass is 19.1. The number of amides is 1. The zero-order chi connectivity index (χ0) is 26.1. The minimum absolute atomic E-state index is 0.0264. The van der Waals surface area contributed by atoms with Crippen LogP contribution in [0.15, 0.2) is 73.3 Å².